The Balaban J connectivity index is 1.06. The molecule has 13 heteroatoms. The number of anilines is 2. The summed E-state index contributed by atoms with van der Waals surface area (Å²) in [6, 6.07) is 36.7. The molecule has 0 unspecified atom stereocenters. The molecule has 0 spiro atoms. The Bertz CT molecular complexity index is 2690. The minimum atomic E-state index is -1.35. The third-order valence-corrected chi connectivity index (χ3v) is 13.5. The maximum Gasteiger partial charge on any atom is 0.358 e. The van der Waals surface area contributed by atoms with Crippen LogP contribution in [-0.4, -0.2) is 65.2 Å². The number of thiazole rings is 1. The SMILES string of the molecule is CC(C)(C)OC(=O)c1nc(N2CCc3cccc(C(=O)N(COCC[Si](C)(C)C)c4nc5ccccc5s4)c3C2)ccc1-c1cnn(Cc2ccccc2OCc2ccccc2)c1. The maximum absolute atomic E-state index is 14.7. The van der Waals surface area contributed by atoms with Crippen LogP contribution < -0.4 is 14.5 Å². The van der Waals surface area contributed by atoms with E-state index in [2.05, 4.69) is 30.6 Å². The largest absolute Gasteiger partial charge is 0.489 e. The van der Waals surface area contributed by atoms with E-state index in [0.717, 1.165) is 49.8 Å². The van der Waals surface area contributed by atoms with Crippen LogP contribution in [-0.2, 0) is 35.6 Å². The molecule has 7 aromatic rings. The first-order valence-electron chi connectivity index (χ1n) is 21.4. The monoisotopic (exact) mass is 878 g/mol. The molecule has 1 aliphatic rings. The molecule has 0 saturated heterocycles. The van der Waals surface area contributed by atoms with Gasteiger partial charge in [-0.05, 0) is 86.3 Å². The van der Waals surface area contributed by atoms with E-state index in [9.17, 15) is 9.59 Å². The molecule has 0 N–H and O–H groups in total. The van der Waals surface area contributed by atoms with Gasteiger partial charge in [0, 0.05) is 56.2 Å². The van der Waals surface area contributed by atoms with Crippen molar-refractivity contribution in [1.82, 2.24) is 19.7 Å². The van der Waals surface area contributed by atoms with E-state index in [0.29, 0.717) is 61.3 Å². The molecule has 0 bridgehead atoms. The summed E-state index contributed by atoms with van der Waals surface area (Å²) in [4.78, 5) is 42.4. The van der Waals surface area contributed by atoms with Crippen molar-refractivity contribution in [3.05, 3.63) is 155 Å². The fraction of sp³-hybridized carbons (Fsp3) is 0.300. The van der Waals surface area contributed by atoms with Crippen molar-refractivity contribution in [2.24, 2.45) is 0 Å². The van der Waals surface area contributed by atoms with E-state index >= 15 is 0 Å². The van der Waals surface area contributed by atoms with Crippen molar-refractivity contribution in [1.29, 1.82) is 0 Å². The topological polar surface area (TPSA) is 112 Å². The molecule has 63 heavy (non-hydrogen) atoms. The highest BCUT2D eigenvalue weighted by Crippen LogP contribution is 2.34. The fourth-order valence-electron chi connectivity index (χ4n) is 7.45. The zero-order chi connectivity index (χ0) is 44.1. The van der Waals surface area contributed by atoms with Gasteiger partial charge in [-0.3, -0.25) is 14.4 Å². The normalized spacial score (nSPS) is 12.9. The summed E-state index contributed by atoms with van der Waals surface area (Å²) >= 11 is 1.48. The van der Waals surface area contributed by atoms with Crippen molar-refractivity contribution in [3.8, 4) is 16.9 Å². The van der Waals surface area contributed by atoms with Crippen LogP contribution in [0.15, 0.2) is 122 Å². The predicted molar refractivity (Wildman–Crippen MR) is 254 cm³/mol. The molecule has 0 radical (unpaired) electrons. The van der Waals surface area contributed by atoms with Gasteiger partial charge in [0.25, 0.3) is 5.91 Å². The summed E-state index contributed by atoms with van der Waals surface area (Å²) in [6.07, 6.45) is 4.36. The molecule has 0 atom stereocenters. The molecular formula is C50H54N6O5SSi. The van der Waals surface area contributed by atoms with Gasteiger partial charge >= 0.3 is 5.97 Å². The predicted octanol–water partition coefficient (Wildman–Crippen LogP) is 10.7. The highest BCUT2D eigenvalue weighted by molar-refractivity contribution is 7.22. The van der Waals surface area contributed by atoms with Gasteiger partial charge in [-0.2, -0.15) is 5.10 Å². The molecule has 1 amide bonds. The lowest BCUT2D eigenvalue weighted by Gasteiger charge is -2.32. The summed E-state index contributed by atoms with van der Waals surface area (Å²) < 4.78 is 21.2. The van der Waals surface area contributed by atoms with Crippen molar-refractivity contribution in [2.45, 2.75) is 78.2 Å². The molecular weight excluding hydrogens is 825 g/mol. The molecule has 0 saturated carbocycles. The smallest absolute Gasteiger partial charge is 0.358 e. The third kappa shape index (κ3) is 10.7. The number of pyridine rings is 1. The highest BCUT2D eigenvalue weighted by Gasteiger charge is 2.30. The highest BCUT2D eigenvalue weighted by atomic mass is 32.1. The van der Waals surface area contributed by atoms with Crippen molar-refractivity contribution >= 4 is 52.5 Å². The zero-order valence-corrected chi connectivity index (χ0v) is 38.7. The Hall–Kier alpha value is -6.15. The van der Waals surface area contributed by atoms with Crippen LogP contribution in [0.2, 0.25) is 25.7 Å². The Morgan fingerprint density at radius 3 is 2.44 bits per heavy atom. The number of esters is 1. The van der Waals surface area contributed by atoms with Crippen LogP contribution in [0, 0.1) is 0 Å². The second-order valence-corrected chi connectivity index (χ2v) is 24.7. The number of para-hydroxylation sites is 2. The van der Waals surface area contributed by atoms with Gasteiger partial charge in [0.2, 0.25) is 0 Å². The van der Waals surface area contributed by atoms with Crippen LogP contribution in [0.4, 0.5) is 10.9 Å². The Morgan fingerprint density at radius 2 is 1.65 bits per heavy atom. The molecule has 4 heterocycles. The number of aromatic nitrogens is 4. The second-order valence-electron chi connectivity index (χ2n) is 18.0. The third-order valence-electron chi connectivity index (χ3n) is 10.8. The number of carbonyl (C=O) groups is 2. The number of nitrogens with zero attached hydrogens (tertiary/aromatic N) is 6. The summed E-state index contributed by atoms with van der Waals surface area (Å²) in [6.45, 7) is 15.1. The van der Waals surface area contributed by atoms with E-state index in [1.807, 2.05) is 135 Å². The second kappa shape index (κ2) is 18.7. The average Bonchev–Trinajstić information content (AvgIpc) is 3.92. The first-order valence-corrected chi connectivity index (χ1v) is 25.9. The maximum atomic E-state index is 14.7. The molecule has 3 aromatic heterocycles. The summed E-state index contributed by atoms with van der Waals surface area (Å²) in [7, 11) is -1.35. The van der Waals surface area contributed by atoms with E-state index < -0.39 is 19.6 Å². The standard InChI is InChI=1S/C50H54N6O5SSi/c1-50(2,3)61-48(58)46-39(38-29-51-55(31-38)30-37-17-10-12-21-43(37)60-33-35-15-8-7-9-16-35)23-24-45(53-46)54-26-25-36-18-14-19-40(41(36)32-54)47(57)56(34-59-27-28-63(4,5)6)49-52-42-20-11-13-22-44(42)62-49/h7-24,29,31H,25-28,30,32-34H2,1-6H3. The van der Waals surface area contributed by atoms with Gasteiger partial charge in [0.15, 0.2) is 10.8 Å². The molecule has 324 valence electrons. The number of ether oxygens (including phenoxy) is 3. The van der Waals surface area contributed by atoms with Crippen LogP contribution in [0.3, 0.4) is 0 Å². The van der Waals surface area contributed by atoms with Gasteiger partial charge in [0.05, 0.1) is 23.0 Å². The van der Waals surface area contributed by atoms with Crippen LogP contribution >= 0.6 is 11.3 Å². The number of benzene rings is 4. The first kappa shape index (κ1) is 43.5. The van der Waals surface area contributed by atoms with Crippen LogP contribution in [0.1, 0.15) is 63.9 Å². The van der Waals surface area contributed by atoms with Gasteiger partial charge in [-0.15, -0.1) is 0 Å². The Labute approximate surface area is 374 Å². The molecule has 0 fully saturated rings. The number of hydrogen-bond acceptors (Lipinski definition) is 10. The number of carbonyl (C=O) groups excluding carboxylic acids is 2. The van der Waals surface area contributed by atoms with Gasteiger partial charge in [-0.25, -0.2) is 14.8 Å². The van der Waals surface area contributed by atoms with E-state index in [4.69, 9.17) is 29.3 Å². The quantitative estimate of drug-likeness (QED) is 0.0430. The minimum Gasteiger partial charge on any atom is -0.489 e. The van der Waals surface area contributed by atoms with Crippen molar-refractivity contribution in [2.75, 3.05) is 29.7 Å². The number of fused-ring (bicyclic) bond motifs is 2. The van der Waals surface area contributed by atoms with Crippen molar-refractivity contribution in [3.63, 3.8) is 0 Å². The van der Waals surface area contributed by atoms with Crippen LogP contribution in [0.5, 0.6) is 5.75 Å². The minimum absolute atomic E-state index is 0.101. The molecule has 1 aliphatic heterocycles. The average molecular weight is 879 g/mol. The fourth-order valence-corrected chi connectivity index (χ4v) is 9.15. The van der Waals surface area contributed by atoms with E-state index in [1.54, 1.807) is 11.1 Å². The zero-order valence-electron chi connectivity index (χ0n) is 36.8. The number of amides is 1. The molecule has 0 aliphatic carbocycles. The first-order chi connectivity index (χ1) is 30.3. The molecule has 11 nitrogen and oxygen atoms in total. The summed E-state index contributed by atoms with van der Waals surface area (Å²) in [5.41, 5.74) is 6.31. The number of rotatable bonds is 15. The van der Waals surface area contributed by atoms with Gasteiger partial charge in [-0.1, -0.05) is 104 Å². The lowest BCUT2D eigenvalue weighted by molar-refractivity contribution is 0.00637. The van der Waals surface area contributed by atoms with Crippen LogP contribution in [0.25, 0.3) is 21.3 Å². The lowest BCUT2D eigenvalue weighted by atomic mass is 9.94. The van der Waals surface area contributed by atoms with E-state index in [-0.39, 0.29) is 18.3 Å². The van der Waals surface area contributed by atoms with Gasteiger partial charge in [0.1, 0.15) is 30.5 Å². The van der Waals surface area contributed by atoms with Gasteiger partial charge < -0.3 is 19.1 Å². The lowest BCUT2D eigenvalue weighted by Crippen LogP contribution is -2.37. The van der Waals surface area contributed by atoms with E-state index in [1.165, 1.54) is 11.3 Å². The summed E-state index contributed by atoms with van der Waals surface area (Å²) in [5, 5.41) is 5.29. The summed E-state index contributed by atoms with van der Waals surface area (Å²) in [5.74, 6) is 0.700. The molecule has 8 rings (SSSR count). The Kier molecular flexibility index (Phi) is 12.9. The molecule has 4 aromatic carbocycles. The Morgan fingerprint density at radius 1 is 0.873 bits per heavy atom. The van der Waals surface area contributed by atoms with Crippen molar-refractivity contribution < 1.29 is 23.8 Å². The number of hydrogen-bond donors (Lipinski definition) is 0.